The van der Waals surface area contributed by atoms with Crippen LogP contribution in [-0.2, 0) is 23.6 Å². The lowest BCUT2D eigenvalue weighted by molar-refractivity contribution is -0.147. The molecule has 0 heterocycles. The highest BCUT2D eigenvalue weighted by Gasteiger charge is 2.24. The zero-order valence-corrected chi connectivity index (χ0v) is 11.9. The van der Waals surface area contributed by atoms with Crippen molar-refractivity contribution in [2.24, 2.45) is 0 Å². The van der Waals surface area contributed by atoms with Gasteiger partial charge in [0.2, 0.25) is 0 Å². The maximum Gasteiger partial charge on any atom is 0.339 e. The van der Waals surface area contributed by atoms with Crippen LogP contribution in [0.25, 0.3) is 0 Å². The lowest BCUT2D eigenvalue weighted by atomic mass is 10.1. The largest absolute Gasteiger partial charge is 0.466 e. The number of nitrogens with one attached hydrogen (secondary N) is 1. The predicted molar refractivity (Wildman–Crippen MR) is 66.3 cm³/mol. The second kappa shape index (κ2) is 9.03. The van der Waals surface area contributed by atoms with Crippen molar-refractivity contribution in [2.75, 3.05) is 19.5 Å². The minimum absolute atomic E-state index is 0.0362. The first-order valence-electron chi connectivity index (χ1n) is 5.90. The Morgan fingerprint density at radius 3 is 2.26 bits per heavy atom. The highest BCUT2D eigenvalue weighted by molar-refractivity contribution is 7.51. The zero-order chi connectivity index (χ0) is 14.9. The number of carbonyl (C=O) groups is 2. The maximum absolute atomic E-state index is 11.5. The second-order valence-corrected chi connectivity index (χ2v) is 5.32. The van der Waals surface area contributed by atoms with Gasteiger partial charge < -0.3 is 19.3 Å². The fraction of sp³-hybridized carbons (Fsp3) is 0.800. The number of hydrogen-bond donors (Lipinski definition) is 3. The smallest absolute Gasteiger partial charge is 0.339 e. The van der Waals surface area contributed by atoms with E-state index in [2.05, 4.69) is 5.32 Å². The van der Waals surface area contributed by atoms with Crippen LogP contribution in [0.1, 0.15) is 26.7 Å². The molecular formula is C10H20NO7P. The fourth-order valence-electron chi connectivity index (χ4n) is 1.27. The molecule has 0 aliphatic heterocycles. The summed E-state index contributed by atoms with van der Waals surface area (Å²) in [5.74, 6) is -1.13. The Hall–Kier alpha value is -0.950. The third-order valence-electron chi connectivity index (χ3n) is 2.06. The fourth-order valence-corrected chi connectivity index (χ4v) is 1.73. The number of hydrogen-bond acceptors (Lipinski definition) is 6. The van der Waals surface area contributed by atoms with Gasteiger partial charge >= 0.3 is 19.5 Å². The van der Waals surface area contributed by atoms with E-state index in [0.29, 0.717) is 0 Å². The Morgan fingerprint density at radius 2 is 1.79 bits per heavy atom. The van der Waals surface area contributed by atoms with Crippen LogP contribution in [-0.4, -0.2) is 47.3 Å². The van der Waals surface area contributed by atoms with Crippen LogP contribution in [0.15, 0.2) is 0 Å². The van der Waals surface area contributed by atoms with Crippen LogP contribution in [0.5, 0.6) is 0 Å². The van der Waals surface area contributed by atoms with Gasteiger partial charge in [-0.15, -0.1) is 0 Å². The van der Waals surface area contributed by atoms with Crippen molar-refractivity contribution in [3.63, 3.8) is 0 Å². The molecule has 0 fully saturated rings. The molecule has 0 aliphatic rings. The van der Waals surface area contributed by atoms with Crippen molar-refractivity contribution >= 4 is 19.5 Å². The average molecular weight is 297 g/mol. The van der Waals surface area contributed by atoms with Gasteiger partial charge in [-0.05, 0) is 20.3 Å². The number of esters is 2. The monoisotopic (exact) mass is 297 g/mol. The number of carbonyl (C=O) groups excluding carboxylic acids is 2. The zero-order valence-electron chi connectivity index (χ0n) is 11.0. The van der Waals surface area contributed by atoms with Crippen molar-refractivity contribution in [3.05, 3.63) is 0 Å². The quantitative estimate of drug-likeness (QED) is 0.401. The summed E-state index contributed by atoms with van der Waals surface area (Å²) in [6, 6.07) is -0.947. The molecule has 9 heteroatoms. The average Bonchev–Trinajstić information content (AvgIpc) is 2.28. The third kappa shape index (κ3) is 9.61. The van der Waals surface area contributed by atoms with E-state index >= 15 is 0 Å². The van der Waals surface area contributed by atoms with Crippen molar-refractivity contribution in [2.45, 2.75) is 32.7 Å². The van der Waals surface area contributed by atoms with Gasteiger partial charge in [-0.2, -0.15) is 0 Å². The first kappa shape index (κ1) is 18.0. The van der Waals surface area contributed by atoms with Crippen LogP contribution >= 0.6 is 7.60 Å². The molecule has 0 aromatic heterocycles. The molecule has 0 saturated carbocycles. The van der Waals surface area contributed by atoms with Crippen LogP contribution in [0.2, 0.25) is 0 Å². The highest BCUT2D eigenvalue weighted by Crippen LogP contribution is 2.32. The standard InChI is InChI=1S/C10H20NO7P/c1-3-17-9(12)6-5-8(10(13)18-4-2)11-7-19(14,15)16/h8,11H,3-7H2,1-2H3,(H2,14,15,16)/t8-/m0/s1. The summed E-state index contributed by atoms with van der Waals surface area (Å²) in [6.45, 7) is 3.65. The van der Waals surface area contributed by atoms with Crippen LogP contribution in [0.3, 0.4) is 0 Å². The Kier molecular flexibility index (Phi) is 8.58. The molecule has 19 heavy (non-hydrogen) atoms. The number of rotatable bonds is 9. The molecule has 0 spiro atoms. The Bertz CT molecular complexity index is 341. The SMILES string of the molecule is CCOC(=O)CC[C@H](NCP(=O)(O)O)C(=O)OCC. The Morgan fingerprint density at radius 1 is 1.21 bits per heavy atom. The van der Waals surface area contributed by atoms with E-state index < -0.39 is 31.9 Å². The summed E-state index contributed by atoms with van der Waals surface area (Å²) in [6.07, 6.45) is -0.636. The molecule has 0 amide bonds. The molecule has 0 aromatic rings. The van der Waals surface area contributed by atoms with Gasteiger partial charge in [-0.3, -0.25) is 19.5 Å². The Labute approximate surface area is 111 Å². The van der Waals surface area contributed by atoms with E-state index in [1.165, 1.54) is 0 Å². The van der Waals surface area contributed by atoms with E-state index in [9.17, 15) is 14.2 Å². The van der Waals surface area contributed by atoms with E-state index in [1.807, 2.05) is 0 Å². The molecule has 0 aromatic carbocycles. The van der Waals surface area contributed by atoms with Gasteiger partial charge in [0.15, 0.2) is 0 Å². The summed E-state index contributed by atoms with van der Waals surface area (Å²) in [4.78, 5) is 40.2. The summed E-state index contributed by atoms with van der Waals surface area (Å²) < 4.78 is 20.2. The minimum atomic E-state index is -4.27. The molecule has 1 atom stereocenters. The van der Waals surface area contributed by atoms with E-state index in [-0.39, 0.29) is 26.1 Å². The molecule has 0 saturated heterocycles. The lowest BCUT2D eigenvalue weighted by Crippen LogP contribution is -2.39. The summed E-state index contributed by atoms with van der Waals surface area (Å²) in [5.41, 5.74) is 0. The molecule has 0 bridgehead atoms. The van der Waals surface area contributed by atoms with Gasteiger partial charge in [0.25, 0.3) is 0 Å². The number of ether oxygens (including phenoxy) is 2. The normalized spacial score (nSPS) is 12.8. The van der Waals surface area contributed by atoms with Gasteiger partial charge in [-0.25, -0.2) is 0 Å². The molecular weight excluding hydrogens is 277 g/mol. The van der Waals surface area contributed by atoms with E-state index in [0.717, 1.165) is 0 Å². The van der Waals surface area contributed by atoms with Crippen LogP contribution < -0.4 is 5.32 Å². The summed E-state index contributed by atoms with van der Waals surface area (Å²) >= 11 is 0. The van der Waals surface area contributed by atoms with Crippen LogP contribution in [0, 0.1) is 0 Å². The van der Waals surface area contributed by atoms with Gasteiger partial charge in [0.1, 0.15) is 6.04 Å². The van der Waals surface area contributed by atoms with Crippen molar-refractivity contribution < 1.29 is 33.4 Å². The molecule has 8 nitrogen and oxygen atoms in total. The molecule has 0 aliphatic carbocycles. The first-order chi connectivity index (χ1) is 8.80. The molecule has 0 radical (unpaired) electrons. The second-order valence-electron chi connectivity index (χ2n) is 3.68. The van der Waals surface area contributed by atoms with Gasteiger partial charge in [0, 0.05) is 6.42 Å². The van der Waals surface area contributed by atoms with Crippen molar-refractivity contribution in [3.8, 4) is 0 Å². The third-order valence-corrected chi connectivity index (χ3v) is 2.65. The highest BCUT2D eigenvalue weighted by atomic mass is 31.2. The maximum atomic E-state index is 11.5. The first-order valence-corrected chi connectivity index (χ1v) is 7.70. The minimum Gasteiger partial charge on any atom is -0.466 e. The molecule has 0 rings (SSSR count). The topological polar surface area (TPSA) is 122 Å². The summed E-state index contributed by atoms with van der Waals surface area (Å²) in [5, 5.41) is 2.40. The van der Waals surface area contributed by atoms with Gasteiger partial charge in [0.05, 0.1) is 19.5 Å². The van der Waals surface area contributed by atoms with Crippen LogP contribution in [0.4, 0.5) is 0 Å². The predicted octanol–water partition coefficient (Wildman–Crippen LogP) is -0.0138. The van der Waals surface area contributed by atoms with Crippen molar-refractivity contribution in [1.29, 1.82) is 0 Å². The molecule has 0 unspecified atom stereocenters. The molecule has 112 valence electrons. The van der Waals surface area contributed by atoms with Gasteiger partial charge in [-0.1, -0.05) is 0 Å². The summed E-state index contributed by atoms with van der Waals surface area (Å²) in [7, 11) is -4.27. The molecule has 3 N–H and O–H groups in total. The Balaban J connectivity index is 4.37. The van der Waals surface area contributed by atoms with Crippen molar-refractivity contribution in [1.82, 2.24) is 5.32 Å². The van der Waals surface area contributed by atoms with E-state index in [4.69, 9.17) is 19.3 Å². The van der Waals surface area contributed by atoms with E-state index in [1.54, 1.807) is 13.8 Å². The lowest BCUT2D eigenvalue weighted by Gasteiger charge is -2.17.